The van der Waals surface area contributed by atoms with Crippen LogP contribution in [-0.2, 0) is 4.74 Å². The first kappa shape index (κ1) is 12.6. The van der Waals surface area contributed by atoms with Crippen molar-refractivity contribution < 1.29 is 14.1 Å². The first-order chi connectivity index (χ1) is 9.17. The van der Waals surface area contributed by atoms with Gasteiger partial charge in [-0.25, -0.2) is 0 Å². The van der Waals surface area contributed by atoms with Crippen molar-refractivity contribution in [1.82, 2.24) is 15.4 Å². The van der Waals surface area contributed by atoms with Gasteiger partial charge in [-0.3, -0.25) is 4.79 Å². The molecular weight excluding hydrogens is 246 g/mol. The zero-order chi connectivity index (χ0) is 13.3. The number of ether oxygens (including phenoxy) is 1. The molecule has 1 atom stereocenters. The lowest BCUT2D eigenvalue weighted by Gasteiger charge is -2.51. The van der Waals surface area contributed by atoms with Crippen LogP contribution in [0.5, 0.6) is 0 Å². The van der Waals surface area contributed by atoms with Gasteiger partial charge in [-0.2, -0.15) is 0 Å². The number of nitrogens with one attached hydrogen (secondary N) is 1. The van der Waals surface area contributed by atoms with Crippen molar-refractivity contribution in [3.8, 4) is 0 Å². The van der Waals surface area contributed by atoms with Crippen molar-refractivity contribution in [1.29, 1.82) is 0 Å². The van der Waals surface area contributed by atoms with Gasteiger partial charge in [-0.1, -0.05) is 5.16 Å². The Morgan fingerprint density at radius 2 is 2.47 bits per heavy atom. The van der Waals surface area contributed by atoms with Gasteiger partial charge < -0.3 is 19.5 Å². The molecular formula is C13H19N3O3. The Morgan fingerprint density at radius 3 is 3.05 bits per heavy atom. The van der Waals surface area contributed by atoms with E-state index in [0.29, 0.717) is 12.5 Å². The van der Waals surface area contributed by atoms with E-state index < -0.39 is 0 Å². The van der Waals surface area contributed by atoms with Crippen LogP contribution in [0.15, 0.2) is 16.8 Å². The summed E-state index contributed by atoms with van der Waals surface area (Å²) < 4.78 is 10.8. The van der Waals surface area contributed by atoms with Crippen LogP contribution in [0.3, 0.4) is 0 Å². The summed E-state index contributed by atoms with van der Waals surface area (Å²) in [5.74, 6) is 0.443. The van der Waals surface area contributed by atoms with E-state index in [1.165, 1.54) is 6.20 Å². The SMILES string of the molecule is CN1CC2(CCC(CNC(=O)c3ccno3)CO2)C1. The Balaban J connectivity index is 1.42. The maximum atomic E-state index is 11.7. The van der Waals surface area contributed by atoms with E-state index in [9.17, 15) is 4.79 Å². The molecule has 19 heavy (non-hydrogen) atoms. The van der Waals surface area contributed by atoms with E-state index in [2.05, 4.69) is 22.4 Å². The Labute approximate surface area is 112 Å². The van der Waals surface area contributed by atoms with Crippen molar-refractivity contribution in [2.24, 2.45) is 5.92 Å². The molecule has 0 aromatic carbocycles. The van der Waals surface area contributed by atoms with Crippen LogP contribution >= 0.6 is 0 Å². The molecule has 2 saturated heterocycles. The summed E-state index contributed by atoms with van der Waals surface area (Å²) in [7, 11) is 2.11. The fourth-order valence-corrected chi connectivity index (χ4v) is 2.92. The molecule has 2 fully saturated rings. The number of hydrogen-bond donors (Lipinski definition) is 1. The van der Waals surface area contributed by atoms with Crippen LogP contribution in [0.1, 0.15) is 23.4 Å². The average molecular weight is 265 g/mol. The molecule has 2 aliphatic rings. The van der Waals surface area contributed by atoms with Crippen molar-refractivity contribution in [3.63, 3.8) is 0 Å². The summed E-state index contributed by atoms with van der Waals surface area (Å²) in [6.07, 6.45) is 3.65. The second-order valence-electron chi connectivity index (χ2n) is 5.66. The standard InChI is InChI=1S/C13H19N3O3/c1-16-8-13(9-16)4-2-10(7-18-13)6-14-12(17)11-3-5-15-19-11/h3,5,10H,2,4,6-9H2,1H3,(H,14,17). The summed E-state index contributed by atoms with van der Waals surface area (Å²) in [6.45, 7) is 3.42. The van der Waals surface area contributed by atoms with Gasteiger partial charge in [-0.15, -0.1) is 0 Å². The smallest absolute Gasteiger partial charge is 0.289 e. The highest BCUT2D eigenvalue weighted by Crippen LogP contribution is 2.34. The summed E-state index contributed by atoms with van der Waals surface area (Å²) in [5.41, 5.74) is 0.0974. The number of amides is 1. The van der Waals surface area contributed by atoms with Crippen LogP contribution in [0.25, 0.3) is 0 Å². The Hall–Kier alpha value is -1.40. The number of hydrogen-bond acceptors (Lipinski definition) is 5. The molecule has 1 unspecified atom stereocenters. The molecule has 1 amide bonds. The third kappa shape index (κ3) is 2.64. The summed E-state index contributed by atoms with van der Waals surface area (Å²) in [6, 6.07) is 1.56. The first-order valence-corrected chi connectivity index (χ1v) is 6.68. The van der Waals surface area contributed by atoms with E-state index >= 15 is 0 Å². The molecule has 2 aliphatic heterocycles. The van der Waals surface area contributed by atoms with Crippen LogP contribution in [0.4, 0.5) is 0 Å². The van der Waals surface area contributed by atoms with Crippen LogP contribution in [0.2, 0.25) is 0 Å². The normalized spacial score (nSPS) is 26.1. The quantitative estimate of drug-likeness (QED) is 0.862. The molecule has 1 aromatic heterocycles. The molecule has 6 nitrogen and oxygen atoms in total. The highest BCUT2D eigenvalue weighted by molar-refractivity contribution is 5.91. The van der Waals surface area contributed by atoms with Crippen molar-refractivity contribution >= 4 is 5.91 Å². The fourth-order valence-electron chi connectivity index (χ4n) is 2.92. The van der Waals surface area contributed by atoms with Gasteiger partial charge in [0.05, 0.1) is 18.4 Å². The molecule has 0 bridgehead atoms. The van der Waals surface area contributed by atoms with Crippen LogP contribution in [-0.4, -0.2) is 54.9 Å². The third-order valence-electron chi connectivity index (χ3n) is 3.96. The second kappa shape index (κ2) is 4.94. The number of carbonyl (C=O) groups excluding carboxylic acids is 1. The Bertz CT molecular complexity index is 430. The predicted molar refractivity (Wildman–Crippen MR) is 67.7 cm³/mol. The first-order valence-electron chi connectivity index (χ1n) is 6.68. The fraction of sp³-hybridized carbons (Fsp3) is 0.692. The largest absolute Gasteiger partial charge is 0.372 e. The average Bonchev–Trinajstić information content (AvgIpc) is 2.90. The maximum Gasteiger partial charge on any atom is 0.289 e. The lowest BCUT2D eigenvalue weighted by molar-refractivity contribution is -0.172. The molecule has 104 valence electrons. The molecule has 1 N–H and O–H groups in total. The second-order valence-corrected chi connectivity index (χ2v) is 5.66. The van der Waals surface area contributed by atoms with Gasteiger partial charge >= 0.3 is 0 Å². The molecule has 0 saturated carbocycles. The monoisotopic (exact) mass is 265 g/mol. The molecule has 1 aromatic rings. The van der Waals surface area contributed by atoms with Gasteiger partial charge in [-0.05, 0) is 25.8 Å². The lowest BCUT2D eigenvalue weighted by atomic mass is 9.83. The van der Waals surface area contributed by atoms with Crippen molar-refractivity contribution in [3.05, 3.63) is 18.0 Å². The van der Waals surface area contributed by atoms with Crippen molar-refractivity contribution in [2.45, 2.75) is 18.4 Å². The molecule has 3 heterocycles. The van der Waals surface area contributed by atoms with Crippen molar-refractivity contribution in [2.75, 3.05) is 33.3 Å². The number of likely N-dealkylation sites (N-methyl/N-ethyl adjacent to an activating group) is 1. The minimum Gasteiger partial charge on any atom is -0.372 e. The predicted octanol–water partition coefficient (Wildman–Crippen LogP) is 0.515. The summed E-state index contributed by atoms with van der Waals surface area (Å²) in [4.78, 5) is 14.0. The summed E-state index contributed by atoms with van der Waals surface area (Å²) in [5, 5.41) is 6.38. The number of rotatable bonds is 3. The maximum absolute atomic E-state index is 11.7. The van der Waals surface area contributed by atoms with E-state index in [1.54, 1.807) is 6.07 Å². The van der Waals surface area contributed by atoms with E-state index in [4.69, 9.17) is 9.26 Å². The minimum atomic E-state index is -0.207. The van der Waals surface area contributed by atoms with Gasteiger partial charge in [0.1, 0.15) is 0 Å². The molecule has 0 aliphatic carbocycles. The van der Waals surface area contributed by atoms with Crippen LogP contribution in [0, 0.1) is 5.92 Å². The Morgan fingerprint density at radius 1 is 1.63 bits per heavy atom. The summed E-state index contributed by atoms with van der Waals surface area (Å²) >= 11 is 0. The van der Waals surface area contributed by atoms with E-state index in [-0.39, 0.29) is 17.3 Å². The van der Waals surface area contributed by atoms with Gasteiger partial charge in [0.15, 0.2) is 0 Å². The number of nitrogens with zero attached hydrogens (tertiary/aromatic N) is 2. The minimum absolute atomic E-state index is 0.0974. The lowest BCUT2D eigenvalue weighted by Crippen LogP contribution is -2.63. The number of carbonyl (C=O) groups is 1. The van der Waals surface area contributed by atoms with Gasteiger partial charge in [0, 0.05) is 25.7 Å². The zero-order valence-electron chi connectivity index (χ0n) is 11.1. The topological polar surface area (TPSA) is 67.6 Å². The van der Waals surface area contributed by atoms with E-state index in [0.717, 1.165) is 32.5 Å². The molecule has 0 radical (unpaired) electrons. The number of aromatic nitrogens is 1. The van der Waals surface area contributed by atoms with Gasteiger partial charge in [0.2, 0.25) is 5.76 Å². The number of likely N-dealkylation sites (tertiary alicyclic amines) is 1. The Kier molecular flexibility index (Phi) is 3.28. The highest BCUT2D eigenvalue weighted by atomic mass is 16.5. The molecule has 3 rings (SSSR count). The molecule has 6 heteroatoms. The molecule has 1 spiro atoms. The third-order valence-corrected chi connectivity index (χ3v) is 3.96. The highest BCUT2D eigenvalue weighted by Gasteiger charge is 2.44. The van der Waals surface area contributed by atoms with Crippen LogP contribution < -0.4 is 5.32 Å². The van der Waals surface area contributed by atoms with E-state index in [1.807, 2.05) is 0 Å². The zero-order valence-corrected chi connectivity index (χ0v) is 11.1. The van der Waals surface area contributed by atoms with Gasteiger partial charge in [0.25, 0.3) is 5.91 Å².